The molecule has 1 aliphatic rings. The Bertz CT molecular complexity index is 619. The van der Waals surface area contributed by atoms with Crippen molar-refractivity contribution in [3.05, 3.63) is 29.6 Å². The Balaban J connectivity index is 1.80. The van der Waals surface area contributed by atoms with Gasteiger partial charge in [0.1, 0.15) is 11.6 Å². The number of aryl methyl sites for hydroxylation is 2. The van der Waals surface area contributed by atoms with E-state index in [2.05, 4.69) is 37.9 Å². The summed E-state index contributed by atoms with van der Waals surface area (Å²) in [5, 5.41) is 13.0. The quantitative estimate of drug-likeness (QED) is 0.843. The van der Waals surface area contributed by atoms with Crippen molar-refractivity contribution in [2.75, 3.05) is 18.1 Å². The van der Waals surface area contributed by atoms with E-state index >= 15 is 0 Å². The second-order valence-electron chi connectivity index (χ2n) is 5.82. The molecule has 0 spiro atoms. The summed E-state index contributed by atoms with van der Waals surface area (Å²) in [5.74, 6) is 4.39. The summed E-state index contributed by atoms with van der Waals surface area (Å²) in [6.07, 6.45) is 5.23. The van der Waals surface area contributed by atoms with Crippen LogP contribution in [-0.4, -0.2) is 47.5 Å². The first kappa shape index (κ1) is 15.6. The van der Waals surface area contributed by atoms with Crippen LogP contribution in [0.1, 0.15) is 36.6 Å². The van der Waals surface area contributed by atoms with E-state index < -0.39 is 0 Å². The summed E-state index contributed by atoms with van der Waals surface area (Å²) < 4.78 is 4.14. The predicted octanol–water partition coefficient (Wildman–Crippen LogP) is 2.02. The fraction of sp³-hybridized carbons (Fsp3) is 0.667. The van der Waals surface area contributed by atoms with Crippen molar-refractivity contribution in [2.24, 2.45) is 7.05 Å². The lowest BCUT2D eigenvalue weighted by Gasteiger charge is -2.34. The number of hydrogen-bond acceptors (Lipinski definition) is 5. The minimum Gasteiger partial charge on any atom is -0.314 e. The summed E-state index contributed by atoms with van der Waals surface area (Å²) >= 11 is 2.02. The first-order valence-corrected chi connectivity index (χ1v) is 9.03. The first-order chi connectivity index (χ1) is 10.7. The van der Waals surface area contributed by atoms with Crippen molar-refractivity contribution in [3.8, 4) is 0 Å². The smallest absolute Gasteiger partial charge is 0.147 e. The number of hydrogen-bond donors (Lipinski definition) is 0. The molecule has 0 aliphatic carbocycles. The third-order valence-electron chi connectivity index (χ3n) is 4.15. The summed E-state index contributed by atoms with van der Waals surface area (Å²) in [7, 11) is 1.98. The van der Waals surface area contributed by atoms with Crippen molar-refractivity contribution in [1.82, 2.24) is 29.4 Å². The van der Waals surface area contributed by atoms with E-state index in [4.69, 9.17) is 0 Å². The molecule has 0 bridgehead atoms. The van der Waals surface area contributed by atoms with Crippen molar-refractivity contribution >= 4 is 11.8 Å². The largest absolute Gasteiger partial charge is 0.314 e. The monoisotopic (exact) mass is 320 g/mol. The van der Waals surface area contributed by atoms with Crippen LogP contribution in [0.15, 0.2) is 12.4 Å². The van der Waals surface area contributed by atoms with E-state index in [9.17, 15) is 0 Å². The normalized spacial score (nSPS) is 19.7. The molecule has 1 atom stereocenters. The Labute approximate surface area is 135 Å². The van der Waals surface area contributed by atoms with Gasteiger partial charge in [-0.2, -0.15) is 16.9 Å². The van der Waals surface area contributed by atoms with E-state index in [0.29, 0.717) is 6.04 Å². The van der Waals surface area contributed by atoms with Gasteiger partial charge in [0.15, 0.2) is 0 Å². The van der Waals surface area contributed by atoms with Crippen molar-refractivity contribution < 1.29 is 0 Å². The zero-order valence-electron chi connectivity index (χ0n) is 13.6. The molecule has 0 N–H and O–H groups in total. The Morgan fingerprint density at radius 3 is 2.95 bits per heavy atom. The highest BCUT2D eigenvalue weighted by molar-refractivity contribution is 7.99. The fourth-order valence-corrected chi connectivity index (χ4v) is 4.14. The molecule has 3 rings (SSSR count). The van der Waals surface area contributed by atoms with Gasteiger partial charge in [-0.05, 0) is 13.3 Å². The summed E-state index contributed by atoms with van der Waals surface area (Å²) in [5.41, 5.74) is 1.30. The zero-order valence-corrected chi connectivity index (χ0v) is 14.4. The van der Waals surface area contributed by atoms with Crippen LogP contribution in [0, 0.1) is 6.92 Å². The summed E-state index contributed by atoms with van der Waals surface area (Å²) in [6.45, 7) is 7.17. The topological polar surface area (TPSA) is 51.8 Å². The van der Waals surface area contributed by atoms with Crippen molar-refractivity contribution in [1.29, 1.82) is 0 Å². The van der Waals surface area contributed by atoms with Gasteiger partial charge >= 0.3 is 0 Å². The Kier molecular flexibility index (Phi) is 4.83. The highest BCUT2D eigenvalue weighted by Gasteiger charge is 2.27. The van der Waals surface area contributed by atoms with E-state index in [0.717, 1.165) is 43.5 Å². The first-order valence-electron chi connectivity index (χ1n) is 7.88. The van der Waals surface area contributed by atoms with Crippen molar-refractivity contribution in [3.63, 3.8) is 0 Å². The lowest BCUT2D eigenvalue weighted by Crippen LogP contribution is -2.36. The molecule has 7 heteroatoms. The molecule has 2 aromatic heterocycles. The second-order valence-corrected chi connectivity index (χ2v) is 6.97. The summed E-state index contributed by atoms with van der Waals surface area (Å²) in [6, 6.07) is 0.416. The highest BCUT2D eigenvalue weighted by Crippen LogP contribution is 2.30. The molecule has 1 aliphatic heterocycles. The van der Waals surface area contributed by atoms with Gasteiger partial charge in [-0.1, -0.05) is 6.92 Å². The zero-order chi connectivity index (χ0) is 15.5. The molecule has 2 aromatic rings. The Morgan fingerprint density at radius 2 is 2.23 bits per heavy atom. The van der Waals surface area contributed by atoms with Gasteiger partial charge < -0.3 is 4.57 Å². The second kappa shape index (κ2) is 6.83. The van der Waals surface area contributed by atoms with Crippen LogP contribution in [0.2, 0.25) is 0 Å². The molecular weight excluding hydrogens is 296 g/mol. The van der Waals surface area contributed by atoms with Gasteiger partial charge in [-0.15, -0.1) is 10.2 Å². The van der Waals surface area contributed by atoms with Crippen LogP contribution < -0.4 is 0 Å². The molecule has 0 radical (unpaired) electrons. The number of nitrogens with zero attached hydrogens (tertiary/aromatic N) is 6. The van der Waals surface area contributed by atoms with E-state index in [1.807, 2.05) is 36.6 Å². The fourth-order valence-electron chi connectivity index (χ4n) is 2.98. The molecule has 6 nitrogen and oxygen atoms in total. The lowest BCUT2D eigenvalue weighted by molar-refractivity contribution is 0.203. The Hall–Kier alpha value is -1.34. The standard InChI is InChI=1S/C15H24N6S/c1-4-5-21-12(2)17-18-15(21)10-20-6-7-22-11-14(20)13-8-16-19(3)9-13/h8-9,14H,4-7,10-11H2,1-3H3. The molecule has 3 heterocycles. The van der Waals surface area contributed by atoms with E-state index in [-0.39, 0.29) is 0 Å². The summed E-state index contributed by atoms with van der Waals surface area (Å²) in [4.78, 5) is 2.52. The molecule has 0 aromatic carbocycles. The molecule has 0 saturated carbocycles. The molecular formula is C15H24N6S. The molecule has 1 fully saturated rings. The SMILES string of the molecule is CCCn1c(C)nnc1CN1CCSCC1c1cnn(C)c1. The van der Waals surface area contributed by atoms with Crippen LogP contribution in [0.4, 0.5) is 0 Å². The molecule has 1 unspecified atom stereocenters. The average molecular weight is 320 g/mol. The third-order valence-corrected chi connectivity index (χ3v) is 5.18. The van der Waals surface area contributed by atoms with Gasteiger partial charge in [0.2, 0.25) is 0 Å². The van der Waals surface area contributed by atoms with Gasteiger partial charge in [0.25, 0.3) is 0 Å². The average Bonchev–Trinajstić information content (AvgIpc) is 3.09. The van der Waals surface area contributed by atoms with Crippen molar-refractivity contribution in [2.45, 2.75) is 39.4 Å². The van der Waals surface area contributed by atoms with Crippen LogP contribution >= 0.6 is 11.8 Å². The lowest BCUT2D eigenvalue weighted by atomic mass is 10.1. The van der Waals surface area contributed by atoms with Gasteiger partial charge in [0.05, 0.1) is 12.7 Å². The predicted molar refractivity (Wildman–Crippen MR) is 88.7 cm³/mol. The number of aromatic nitrogens is 5. The maximum Gasteiger partial charge on any atom is 0.147 e. The molecule has 120 valence electrons. The highest BCUT2D eigenvalue weighted by atomic mass is 32.2. The Morgan fingerprint density at radius 1 is 1.36 bits per heavy atom. The molecule has 1 saturated heterocycles. The maximum atomic E-state index is 4.41. The minimum absolute atomic E-state index is 0.416. The number of thioether (sulfide) groups is 1. The van der Waals surface area contributed by atoms with Crippen LogP contribution in [0.5, 0.6) is 0 Å². The van der Waals surface area contributed by atoms with Crippen LogP contribution in [-0.2, 0) is 20.1 Å². The maximum absolute atomic E-state index is 4.41. The third kappa shape index (κ3) is 3.20. The van der Waals surface area contributed by atoms with E-state index in [1.165, 1.54) is 11.3 Å². The van der Waals surface area contributed by atoms with Gasteiger partial charge in [-0.3, -0.25) is 9.58 Å². The van der Waals surface area contributed by atoms with E-state index in [1.54, 1.807) is 0 Å². The molecule has 22 heavy (non-hydrogen) atoms. The van der Waals surface area contributed by atoms with Crippen LogP contribution in [0.3, 0.4) is 0 Å². The minimum atomic E-state index is 0.416. The van der Waals surface area contributed by atoms with Crippen LogP contribution in [0.25, 0.3) is 0 Å². The van der Waals surface area contributed by atoms with Gasteiger partial charge in [-0.25, -0.2) is 0 Å². The van der Waals surface area contributed by atoms with Gasteiger partial charge in [0, 0.05) is 49.4 Å². The number of rotatable bonds is 5. The molecule has 0 amide bonds.